The monoisotopic (exact) mass is 360 g/mol. The minimum Gasteiger partial charge on any atom is -0.484 e. The van der Waals surface area contributed by atoms with Crippen molar-refractivity contribution in [3.8, 4) is 5.75 Å². The van der Waals surface area contributed by atoms with Gasteiger partial charge in [0.1, 0.15) is 5.75 Å². The Kier molecular flexibility index (Phi) is 5.71. The fraction of sp³-hybridized carbons (Fsp3) is 0.350. The topological polar surface area (TPSA) is 41.6 Å². The Morgan fingerprint density at radius 3 is 2.81 bits per heavy atom. The highest BCUT2D eigenvalue weighted by Gasteiger charge is 2.23. The first-order valence-electron chi connectivity index (χ1n) is 8.68. The second kappa shape index (κ2) is 8.17. The first kappa shape index (κ1) is 18.2. The van der Waals surface area contributed by atoms with E-state index in [0.29, 0.717) is 24.5 Å². The van der Waals surface area contributed by atoms with Gasteiger partial charge in [0.15, 0.2) is 18.2 Å². The molecule has 138 valence electrons. The van der Waals surface area contributed by atoms with Gasteiger partial charge in [0.25, 0.3) is 5.91 Å². The van der Waals surface area contributed by atoms with E-state index in [4.69, 9.17) is 4.74 Å². The van der Waals surface area contributed by atoms with Crippen LogP contribution in [0.25, 0.3) is 0 Å². The van der Waals surface area contributed by atoms with E-state index in [1.165, 1.54) is 6.07 Å². The fourth-order valence-electron chi connectivity index (χ4n) is 3.09. The summed E-state index contributed by atoms with van der Waals surface area (Å²) in [5.74, 6) is -0.879. The molecule has 26 heavy (non-hydrogen) atoms. The molecule has 3 rings (SSSR count). The molecular formula is C20H22F2N2O2. The summed E-state index contributed by atoms with van der Waals surface area (Å²) in [5, 5.41) is 2.88. The highest BCUT2D eigenvalue weighted by molar-refractivity contribution is 5.77. The zero-order valence-corrected chi connectivity index (χ0v) is 14.7. The van der Waals surface area contributed by atoms with Gasteiger partial charge in [-0.05, 0) is 43.0 Å². The number of carbonyl (C=O) groups excluding carboxylic acids is 1. The molecule has 1 N–H and O–H groups in total. The minimum atomic E-state index is -0.842. The molecule has 0 spiro atoms. The molecule has 1 atom stereocenters. The van der Waals surface area contributed by atoms with Crippen molar-refractivity contribution in [2.24, 2.45) is 5.92 Å². The number of anilines is 1. The van der Waals surface area contributed by atoms with Gasteiger partial charge in [-0.25, -0.2) is 8.78 Å². The van der Waals surface area contributed by atoms with Crippen LogP contribution in [0, 0.1) is 24.5 Å². The van der Waals surface area contributed by atoms with Crippen LogP contribution in [0.2, 0.25) is 0 Å². The molecule has 1 amide bonds. The number of hydrogen-bond acceptors (Lipinski definition) is 3. The molecule has 0 bridgehead atoms. The maximum absolute atomic E-state index is 13.4. The number of halogens is 2. The molecule has 1 aliphatic rings. The molecule has 4 nitrogen and oxygen atoms in total. The maximum atomic E-state index is 13.4. The van der Waals surface area contributed by atoms with Crippen molar-refractivity contribution in [1.29, 1.82) is 0 Å². The number of benzene rings is 2. The molecular weight excluding hydrogens is 338 g/mol. The van der Waals surface area contributed by atoms with E-state index in [-0.39, 0.29) is 18.4 Å². The van der Waals surface area contributed by atoms with E-state index in [0.717, 1.165) is 24.6 Å². The first-order chi connectivity index (χ1) is 12.5. The van der Waals surface area contributed by atoms with Gasteiger partial charge in [-0.1, -0.05) is 18.2 Å². The molecule has 0 aliphatic carbocycles. The molecule has 0 aromatic heterocycles. The summed E-state index contributed by atoms with van der Waals surface area (Å²) in [6.07, 6.45) is 0.887. The van der Waals surface area contributed by atoms with Crippen LogP contribution in [0.5, 0.6) is 5.75 Å². The number of nitrogens with zero attached hydrogens (tertiary/aromatic N) is 1. The number of carbonyl (C=O) groups is 1. The highest BCUT2D eigenvalue weighted by Crippen LogP contribution is 2.25. The Balaban J connectivity index is 1.43. The maximum Gasteiger partial charge on any atom is 0.257 e. The Labute approximate surface area is 151 Å². The van der Waals surface area contributed by atoms with Gasteiger partial charge >= 0.3 is 0 Å². The lowest BCUT2D eigenvalue weighted by molar-refractivity contribution is -0.123. The fourth-order valence-corrected chi connectivity index (χ4v) is 3.09. The van der Waals surface area contributed by atoms with Gasteiger partial charge in [-0.15, -0.1) is 0 Å². The Bertz CT molecular complexity index is 782. The van der Waals surface area contributed by atoms with Crippen LogP contribution in [0.3, 0.4) is 0 Å². The number of amides is 1. The number of aryl methyl sites for hydroxylation is 1. The highest BCUT2D eigenvalue weighted by atomic mass is 19.2. The molecule has 1 heterocycles. The Hall–Kier alpha value is -2.63. The molecule has 0 radical (unpaired) electrons. The zero-order chi connectivity index (χ0) is 18.5. The van der Waals surface area contributed by atoms with Crippen LogP contribution in [0.4, 0.5) is 14.5 Å². The molecule has 2 aromatic rings. The largest absolute Gasteiger partial charge is 0.484 e. The second-order valence-corrected chi connectivity index (χ2v) is 6.56. The summed E-state index contributed by atoms with van der Waals surface area (Å²) < 4.78 is 31.9. The van der Waals surface area contributed by atoms with Crippen LogP contribution in [0.1, 0.15) is 12.0 Å². The minimum absolute atomic E-state index is 0.0234. The van der Waals surface area contributed by atoms with Gasteiger partial charge in [0, 0.05) is 31.4 Å². The Morgan fingerprint density at radius 2 is 2.04 bits per heavy atom. The van der Waals surface area contributed by atoms with E-state index in [1.54, 1.807) is 6.07 Å². The van der Waals surface area contributed by atoms with E-state index in [2.05, 4.69) is 5.32 Å². The normalized spacial score (nSPS) is 16.6. The zero-order valence-electron chi connectivity index (χ0n) is 14.7. The summed E-state index contributed by atoms with van der Waals surface area (Å²) in [6.45, 7) is 3.90. The van der Waals surface area contributed by atoms with Crippen LogP contribution in [-0.4, -0.2) is 32.1 Å². The van der Waals surface area contributed by atoms with Crippen LogP contribution >= 0.6 is 0 Å². The summed E-state index contributed by atoms with van der Waals surface area (Å²) in [5.41, 5.74) is 1.65. The summed E-state index contributed by atoms with van der Waals surface area (Å²) in [6, 6.07) is 11.5. The van der Waals surface area contributed by atoms with Gasteiger partial charge in [-0.3, -0.25) is 4.79 Å². The molecule has 1 saturated heterocycles. The van der Waals surface area contributed by atoms with Crippen molar-refractivity contribution >= 4 is 11.6 Å². The predicted octanol–water partition coefficient (Wildman–Crippen LogP) is 3.29. The van der Waals surface area contributed by atoms with Crippen molar-refractivity contribution in [3.05, 3.63) is 59.7 Å². The number of ether oxygens (including phenoxy) is 1. The summed E-state index contributed by atoms with van der Waals surface area (Å²) >= 11 is 0. The second-order valence-electron chi connectivity index (χ2n) is 6.56. The third kappa shape index (κ3) is 4.50. The van der Waals surface area contributed by atoms with Crippen molar-refractivity contribution in [2.75, 3.05) is 31.1 Å². The van der Waals surface area contributed by atoms with Gasteiger partial charge in [-0.2, -0.15) is 0 Å². The van der Waals surface area contributed by atoms with E-state index in [1.807, 2.05) is 36.1 Å². The average Bonchev–Trinajstić information content (AvgIpc) is 3.10. The van der Waals surface area contributed by atoms with Crippen LogP contribution in [-0.2, 0) is 4.79 Å². The summed E-state index contributed by atoms with van der Waals surface area (Å²) in [7, 11) is 0. The van der Waals surface area contributed by atoms with Crippen molar-refractivity contribution in [2.45, 2.75) is 13.3 Å². The molecule has 1 unspecified atom stereocenters. The number of nitrogens with one attached hydrogen (secondary N) is 1. The van der Waals surface area contributed by atoms with Gasteiger partial charge in [0.2, 0.25) is 0 Å². The quantitative estimate of drug-likeness (QED) is 0.860. The van der Waals surface area contributed by atoms with Crippen molar-refractivity contribution < 1.29 is 18.3 Å². The number of rotatable bonds is 6. The molecule has 6 heteroatoms. The number of hydrogen-bond donors (Lipinski definition) is 1. The first-order valence-corrected chi connectivity index (χ1v) is 8.68. The third-order valence-electron chi connectivity index (χ3n) is 4.59. The molecule has 1 aliphatic heterocycles. The van der Waals surface area contributed by atoms with Gasteiger partial charge in [0.05, 0.1) is 0 Å². The molecule has 0 saturated carbocycles. The lowest BCUT2D eigenvalue weighted by Crippen LogP contribution is -2.34. The predicted molar refractivity (Wildman–Crippen MR) is 96.4 cm³/mol. The van der Waals surface area contributed by atoms with E-state index >= 15 is 0 Å². The third-order valence-corrected chi connectivity index (χ3v) is 4.59. The average molecular weight is 360 g/mol. The van der Waals surface area contributed by atoms with Crippen molar-refractivity contribution in [3.63, 3.8) is 0 Å². The van der Waals surface area contributed by atoms with Crippen LogP contribution < -0.4 is 15.0 Å². The molecule has 2 aromatic carbocycles. The summed E-state index contributed by atoms with van der Waals surface area (Å²) in [4.78, 5) is 14.0. The smallest absolute Gasteiger partial charge is 0.257 e. The van der Waals surface area contributed by atoms with E-state index in [9.17, 15) is 13.6 Å². The standard InChI is InChI=1S/C20H22F2N2O2/c1-14-4-2-3-5-19(14)26-13-20(25)23-11-15-8-9-24(12-15)16-6-7-17(21)18(22)10-16/h2-7,10,15H,8-9,11-13H2,1H3,(H,23,25). The molecule has 1 fully saturated rings. The lowest BCUT2D eigenvalue weighted by Gasteiger charge is -2.19. The number of para-hydroxylation sites is 1. The SMILES string of the molecule is Cc1ccccc1OCC(=O)NCC1CCN(c2ccc(F)c(F)c2)C1. The lowest BCUT2D eigenvalue weighted by atomic mass is 10.1. The van der Waals surface area contributed by atoms with Crippen LogP contribution in [0.15, 0.2) is 42.5 Å². The Morgan fingerprint density at radius 1 is 1.23 bits per heavy atom. The van der Waals surface area contributed by atoms with E-state index < -0.39 is 11.6 Å². The van der Waals surface area contributed by atoms with Gasteiger partial charge < -0.3 is 15.0 Å². The van der Waals surface area contributed by atoms with Crippen molar-refractivity contribution in [1.82, 2.24) is 5.32 Å².